The monoisotopic (exact) mass is 413 g/mol. The lowest BCUT2D eigenvalue weighted by Gasteiger charge is -2.23. The Morgan fingerprint density at radius 1 is 1.38 bits per heavy atom. The summed E-state index contributed by atoms with van der Waals surface area (Å²) in [6.45, 7) is 4.63. The summed E-state index contributed by atoms with van der Waals surface area (Å²) in [5.41, 5.74) is 2.23. The average molecular weight is 414 g/mol. The molecule has 0 radical (unpaired) electrons. The van der Waals surface area contributed by atoms with Gasteiger partial charge in [0.05, 0.1) is 12.8 Å². The topological polar surface area (TPSA) is 88.8 Å². The quantitative estimate of drug-likeness (QED) is 0.692. The fourth-order valence-electron chi connectivity index (χ4n) is 3.55. The molecular weight excluding hydrogens is 390 g/mol. The predicted molar refractivity (Wildman–Crippen MR) is 113 cm³/mol. The molecule has 152 valence electrons. The molecule has 0 saturated carbocycles. The molecule has 1 aliphatic heterocycles. The zero-order valence-corrected chi connectivity index (χ0v) is 17.5. The van der Waals surface area contributed by atoms with Crippen molar-refractivity contribution in [2.75, 3.05) is 23.9 Å². The number of ether oxygens (including phenoxy) is 1. The van der Waals surface area contributed by atoms with Crippen LogP contribution in [0, 0.1) is 6.92 Å². The number of rotatable bonds is 5. The molecule has 8 nitrogen and oxygen atoms in total. The third-order valence-corrected chi connectivity index (χ3v) is 6.01. The van der Waals surface area contributed by atoms with Crippen molar-refractivity contribution in [2.45, 2.75) is 39.2 Å². The number of hydrogen-bond acceptors (Lipinski definition) is 7. The number of anilines is 2. The SMILES string of the molecule is CCc1cc(=O)n2nc(N3CCCC3C(=O)Nc3cc(C)ccc3OC)sc2n1. The van der Waals surface area contributed by atoms with Gasteiger partial charge in [0.2, 0.25) is 16.0 Å². The molecule has 9 heteroatoms. The van der Waals surface area contributed by atoms with Crippen LogP contribution in [-0.2, 0) is 11.2 Å². The number of fused-ring (bicyclic) bond motifs is 1. The summed E-state index contributed by atoms with van der Waals surface area (Å²) in [5.74, 6) is 0.511. The van der Waals surface area contributed by atoms with E-state index in [1.807, 2.05) is 36.9 Å². The predicted octanol–water partition coefficient (Wildman–Crippen LogP) is 2.64. The number of hydrogen-bond donors (Lipinski definition) is 1. The Kier molecular flexibility index (Phi) is 5.23. The van der Waals surface area contributed by atoms with Crippen molar-refractivity contribution in [3.8, 4) is 5.75 Å². The second-order valence-corrected chi connectivity index (χ2v) is 8.00. The Morgan fingerprint density at radius 3 is 2.97 bits per heavy atom. The maximum Gasteiger partial charge on any atom is 0.275 e. The first-order valence-corrected chi connectivity index (χ1v) is 10.4. The minimum atomic E-state index is -0.359. The molecule has 3 aromatic rings. The van der Waals surface area contributed by atoms with Crippen LogP contribution >= 0.6 is 11.3 Å². The number of methoxy groups -OCH3 is 1. The first kappa shape index (κ1) is 19.4. The van der Waals surface area contributed by atoms with Gasteiger partial charge in [-0.15, -0.1) is 5.10 Å². The molecule has 1 fully saturated rings. The Morgan fingerprint density at radius 2 is 2.21 bits per heavy atom. The largest absolute Gasteiger partial charge is 0.495 e. The van der Waals surface area contributed by atoms with Crippen LogP contribution in [0.25, 0.3) is 4.96 Å². The number of benzene rings is 1. The molecule has 1 aliphatic rings. The Labute approximate surface area is 172 Å². The number of carbonyl (C=O) groups is 1. The lowest BCUT2D eigenvalue weighted by Crippen LogP contribution is -2.39. The highest BCUT2D eigenvalue weighted by Crippen LogP contribution is 2.31. The van der Waals surface area contributed by atoms with Gasteiger partial charge in [-0.2, -0.15) is 4.52 Å². The van der Waals surface area contributed by atoms with Crippen LogP contribution in [0.2, 0.25) is 0 Å². The van der Waals surface area contributed by atoms with E-state index in [0.717, 1.165) is 24.1 Å². The van der Waals surface area contributed by atoms with E-state index in [1.165, 1.54) is 21.9 Å². The van der Waals surface area contributed by atoms with E-state index < -0.39 is 0 Å². The molecular formula is C20H23N5O3S. The van der Waals surface area contributed by atoms with Crippen molar-refractivity contribution in [3.05, 3.63) is 45.9 Å². The van der Waals surface area contributed by atoms with Crippen molar-refractivity contribution in [1.29, 1.82) is 0 Å². The summed E-state index contributed by atoms with van der Waals surface area (Å²) in [5, 5.41) is 8.07. The molecule has 1 aromatic carbocycles. The van der Waals surface area contributed by atoms with Gasteiger partial charge < -0.3 is 15.0 Å². The number of aryl methyl sites for hydroxylation is 2. The maximum atomic E-state index is 13.0. The number of nitrogens with one attached hydrogen (secondary N) is 1. The van der Waals surface area contributed by atoms with Crippen LogP contribution in [0.4, 0.5) is 10.8 Å². The van der Waals surface area contributed by atoms with Crippen LogP contribution in [0.15, 0.2) is 29.1 Å². The summed E-state index contributed by atoms with van der Waals surface area (Å²) < 4.78 is 6.68. The normalized spacial score (nSPS) is 16.4. The smallest absolute Gasteiger partial charge is 0.275 e. The minimum Gasteiger partial charge on any atom is -0.495 e. The van der Waals surface area contributed by atoms with E-state index in [4.69, 9.17) is 4.74 Å². The molecule has 29 heavy (non-hydrogen) atoms. The first-order chi connectivity index (χ1) is 14.0. The molecule has 0 bridgehead atoms. The van der Waals surface area contributed by atoms with Gasteiger partial charge in [0.1, 0.15) is 11.8 Å². The Bertz CT molecular complexity index is 1120. The molecule has 4 rings (SSSR count). The fraction of sp³-hybridized carbons (Fsp3) is 0.400. The highest BCUT2D eigenvalue weighted by Gasteiger charge is 2.33. The van der Waals surface area contributed by atoms with E-state index in [2.05, 4.69) is 15.4 Å². The van der Waals surface area contributed by atoms with E-state index in [-0.39, 0.29) is 17.5 Å². The molecule has 1 saturated heterocycles. The van der Waals surface area contributed by atoms with Crippen molar-refractivity contribution in [2.24, 2.45) is 0 Å². The zero-order valence-electron chi connectivity index (χ0n) is 16.6. The van der Waals surface area contributed by atoms with Gasteiger partial charge in [-0.05, 0) is 43.9 Å². The zero-order chi connectivity index (χ0) is 20.5. The van der Waals surface area contributed by atoms with Crippen molar-refractivity contribution < 1.29 is 9.53 Å². The average Bonchev–Trinajstić information content (AvgIpc) is 3.35. The lowest BCUT2D eigenvalue weighted by atomic mass is 10.1. The molecule has 1 amide bonds. The molecule has 0 spiro atoms. The molecule has 1 atom stereocenters. The van der Waals surface area contributed by atoms with E-state index in [1.54, 1.807) is 7.11 Å². The van der Waals surface area contributed by atoms with E-state index >= 15 is 0 Å². The summed E-state index contributed by atoms with van der Waals surface area (Å²) >= 11 is 1.34. The van der Waals surface area contributed by atoms with Gasteiger partial charge in [0, 0.05) is 18.3 Å². The summed E-state index contributed by atoms with van der Waals surface area (Å²) in [6.07, 6.45) is 2.28. The van der Waals surface area contributed by atoms with Crippen molar-refractivity contribution >= 4 is 33.0 Å². The molecule has 2 aromatic heterocycles. The van der Waals surface area contributed by atoms with Gasteiger partial charge in [-0.3, -0.25) is 9.59 Å². The van der Waals surface area contributed by atoms with Crippen LogP contribution in [0.1, 0.15) is 31.0 Å². The Balaban J connectivity index is 1.62. The second-order valence-electron chi connectivity index (χ2n) is 7.06. The Hall–Kier alpha value is -2.94. The summed E-state index contributed by atoms with van der Waals surface area (Å²) in [6, 6.07) is 6.82. The molecule has 1 unspecified atom stereocenters. The molecule has 3 heterocycles. The number of amides is 1. The molecule has 0 aliphatic carbocycles. The third-order valence-electron chi connectivity index (χ3n) is 5.06. The minimum absolute atomic E-state index is 0.111. The number of aromatic nitrogens is 3. The van der Waals surface area contributed by atoms with Crippen LogP contribution in [-0.4, -0.2) is 40.2 Å². The van der Waals surface area contributed by atoms with Crippen LogP contribution in [0.3, 0.4) is 0 Å². The van der Waals surface area contributed by atoms with Gasteiger partial charge in [-0.25, -0.2) is 4.98 Å². The highest BCUT2D eigenvalue weighted by atomic mass is 32.1. The first-order valence-electron chi connectivity index (χ1n) is 9.62. The van der Waals surface area contributed by atoms with Crippen molar-refractivity contribution in [3.63, 3.8) is 0 Å². The summed E-state index contributed by atoms with van der Waals surface area (Å²) in [7, 11) is 1.58. The van der Waals surface area contributed by atoms with Gasteiger partial charge >= 0.3 is 0 Å². The lowest BCUT2D eigenvalue weighted by molar-refractivity contribution is -0.117. The van der Waals surface area contributed by atoms with Gasteiger partial charge in [-0.1, -0.05) is 24.3 Å². The standard InChI is InChI=1S/C20H23N5O3S/c1-4-13-11-17(26)25-19(21-13)29-20(23-25)24-9-5-6-15(24)18(27)22-14-10-12(2)7-8-16(14)28-3/h7-8,10-11,15H,4-6,9H2,1-3H3,(H,22,27). The number of nitrogens with zero attached hydrogens (tertiary/aromatic N) is 4. The second kappa shape index (κ2) is 7.82. The van der Waals surface area contributed by atoms with Gasteiger partial charge in [0.25, 0.3) is 5.56 Å². The number of carbonyl (C=O) groups excluding carboxylic acids is 1. The van der Waals surface area contributed by atoms with E-state index in [0.29, 0.717) is 34.5 Å². The van der Waals surface area contributed by atoms with Gasteiger partial charge in [0.15, 0.2) is 0 Å². The van der Waals surface area contributed by atoms with Crippen molar-refractivity contribution in [1.82, 2.24) is 14.6 Å². The molecule has 1 N–H and O–H groups in total. The van der Waals surface area contributed by atoms with Crippen LogP contribution in [0.5, 0.6) is 5.75 Å². The van der Waals surface area contributed by atoms with E-state index in [9.17, 15) is 9.59 Å². The van der Waals surface area contributed by atoms with Crippen LogP contribution < -0.4 is 20.5 Å². The maximum absolute atomic E-state index is 13.0. The fourth-order valence-corrected chi connectivity index (χ4v) is 4.55. The summed E-state index contributed by atoms with van der Waals surface area (Å²) in [4.78, 5) is 32.3. The highest BCUT2D eigenvalue weighted by molar-refractivity contribution is 7.20. The third kappa shape index (κ3) is 3.69.